The van der Waals surface area contributed by atoms with Gasteiger partial charge in [-0.05, 0) is 18.9 Å². The molecule has 1 N–H and O–H groups in total. The summed E-state index contributed by atoms with van der Waals surface area (Å²) in [5.74, 6) is -0.0557. The lowest BCUT2D eigenvalue weighted by Gasteiger charge is -2.32. The number of amides is 2. The lowest BCUT2D eigenvalue weighted by molar-refractivity contribution is -0.135. The van der Waals surface area contributed by atoms with Gasteiger partial charge in [-0.25, -0.2) is 0 Å². The van der Waals surface area contributed by atoms with E-state index in [1.165, 1.54) is 0 Å². The molecular formula is C14H21N5O2. The van der Waals surface area contributed by atoms with Crippen LogP contribution in [-0.4, -0.2) is 70.2 Å². The van der Waals surface area contributed by atoms with Crippen molar-refractivity contribution in [3.63, 3.8) is 0 Å². The second-order valence-corrected chi connectivity index (χ2v) is 5.61. The molecule has 2 fully saturated rings. The first-order valence-electron chi connectivity index (χ1n) is 7.47. The summed E-state index contributed by atoms with van der Waals surface area (Å²) >= 11 is 0. The Balaban J connectivity index is 1.72. The highest BCUT2D eigenvalue weighted by Crippen LogP contribution is 2.21. The Morgan fingerprint density at radius 1 is 1.29 bits per heavy atom. The zero-order chi connectivity index (χ0) is 14.8. The predicted molar refractivity (Wildman–Crippen MR) is 76.7 cm³/mol. The van der Waals surface area contributed by atoms with E-state index in [4.69, 9.17) is 0 Å². The standard InChI is InChI=1S/C14H21N5O2/c1-17-8-4-11(16-17)13(20)19-7-2-3-12(19)14(21)18-9-5-15-6-10-18/h4,8,12,15H,2-3,5-7,9-10H2,1H3. The van der Waals surface area contributed by atoms with Crippen molar-refractivity contribution < 1.29 is 9.59 Å². The SMILES string of the molecule is Cn1ccc(C(=O)N2CCCC2C(=O)N2CCNCC2)n1. The number of nitrogens with one attached hydrogen (secondary N) is 1. The van der Waals surface area contributed by atoms with Crippen molar-refractivity contribution in [3.05, 3.63) is 18.0 Å². The number of rotatable bonds is 2. The van der Waals surface area contributed by atoms with Gasteiger partial charge in [0, 0.05) is 46.0 Å². The van der Waals surface area contributed by atoms with Crippen LogP contribution in [0.1, 0.15) is 23.3 Å². The maximum atomic E-state index is 12.6. The van der Waals surface area contributed by atoms with Gasteiger partial charge < -0.3 is 15.1 Å². The minimum Gasteiger partial charge on any atom is -0.338 e. The third-order valence-electron chi connectivity index (χ3n) is 4.16. The van der Waals surface area contributed by atoms with Gasteiger partial charge in [0.05, 0.1) is 0 Å². The summed E-state index contributed by atoms with van der Waals surface area (Å²) in [5.41, 5.74) is 0.414. The molecule has 7 heteroatoms. The van der Waals surface area contributed by atoms with Crippen LogP contribution in [-0.2, 0) is 11.8 Å². The molecule has 3 heterocycles. The van der Waals surface area contributed by atoms with Gasteiger partial charge in [-0.2, -0.15) is 5.10 Å². The van der Waals surface area contributed by atoms with Crippen molar-refractivity contribution in [2.24, 2.45) is 7.05 Å². The summed E-state index contributed by atoms with van der Waals surface area (Å²) in [5, 5.41) is 7.39. The van der Waals surface area contributed by atoms with E-state index in [-0.39, 0.29) is 17.9 Å². The molecule has 1 atom stereocenters. The highest BCUT2D eigenvalue weighted by molar-refractivity contribution is 5.96. The van der Waals surface area contributed by atoms with Crippen LogP contribution in [0.4, 0.5) is 0 Å². The van der Waals surface area contributed by atoms with E-state index in [1.54, 1.807) is 28.9 Å². The zero-order valence-electron chi connectivity index (χ0n) is 12.3. The summed E-state index contributed by atoms with van der Waals surface area (Å²) in [6, 6.07) is 1.38. The maximum Gasteiger partial charge on any atom is 0.275 e. The topological polar surface area (TPSA) is 70.5 Å². The van der Waals surface area contributed by atoms with Gasteiger partial charge in [-0.1, -0.05) is 0 Å². The van der Waals surface area contributed by atoms with E-state index in [2.05, 4.69) is 10.4 Å². The Morgan fingerprint density at radius 3 is 2.71 bits per heavy atom. The molecule has 0 aliphatic carbocycles. The third kappa shape index (κ3) is 2.78. The average Bonchev–Trinajstić information content (AvgIpc) is 3.15. The van der Waals surface area contributed by atoms with E-state index >= 15 is 0 Å². The molecule has 0 spiro atoms. The molecule has 2 amide bonds. The molecule has 0 saturated carbocycles. The fraction of sp³-hybridized carbons (Fsp3) is 0.643. The van der Waals surface area contributed by atoms with Crippen LogP contribution in [0.2, 0.25) is 0 Å². The fourth-order valence-electron chi connectivity index (χ4n) is 3.04. The Hall–Kier alpha value is -1.89. The molecule has 1 aromatic heterocycles. The van der Waals surface area contributed by atoms with E-state index < -0.39 is 0 Å². The zero-order valence-corrected chi connectivity index (χ0v) is 12.3. The number of carbonyl (C=O) groups is 2. The second-order valence-electron chi connectivity index (χ2n) is 5.61. The molecule has 0 radical (unpaired) electrons. The highest BCUT2D eigenvalue weighted by Gasteiger charge is 2.37. The van der Waals surface area contributed by atoms with Crippen molar-refractivity contribution in [2.45, 2.75) is 18.9 Å². The Bertz CT molecular complexity index is 535. The van der Waals surface area contributed by atoms with Crippen LogP contribution < -0.4 is 5.32 Å². The second kappa shape index (κ2) is 5.85. The van der Waals surface area contributed by atoms with Crippen LogP contribution in [0.3, 0.4) is 0 Å². The molecule has 7 nitrogen and oxygen atoms in total. The largest absolute Gasteiger partial charge is 0.338 e. The van der Waals surface area contributed by atoms with Gasteiger partial charge in [-0.3, -0.25) is 14.3 Å². The van der Waals surface area contributed by atoms with Gasteiger partial charge in [0.1, 0.15) is 11.7 Å². The number of carbonyl (C=O) groups excluding carboxylic acids is 2. The third-order valence-corrected chi connectivity index (χ3v) is 4.16. The Morgan fingerprint density at radius 2 is 2.05 bits per heavy atom. The molecule has 0 aromatic carbocycles. The molecule has 1 aromatic rings. The summed E-state index contributed by atoms with van der Waals surface area (Å²) in [4.78, 5) is 28.7. The van der Waals surface area contributed by atoms with Crippen LogP contribution in [0.25, 0.3) is 0 Å². The summed E-state index contributed by atoms with van der Waals surface area (Å²) in [6.07, 6.45) is 3.37. The van der Waals surface area contributed by atoms with Crippen molar-refractivity contribution in [2.75, 3.05) is 32.7 Å². The Kier molecular flexibility index (Phi) is 3.92. The minimum absolute atomic E-state index is 0.0817. The molecule has 2 aliphatic rings. The number of nitrogens with zero attached hydrogens (tertiary/aromatic N) is 4. The first kappa shape index (κ1) is 14.1. The fourth-order valence-corrected chi connectivity index (χ4v) is 3.04. The number of aromatic nitrogens is 2. The number of hydrogen-bond acceptors (Lipinski definition) is 4. The molecule has 3 rings (SSSR count). The lowest BCUT2D eigenvalue weighted by atomic mass is 10.1. The quantitative estimate of drug-likeness (QED) is 0.794. The van der Waals surface area contributed by atoms with Gasteiger partial charge in [0.25, 0.3) is 5.91 Å². The van der Waals surface area contributed by atoms with E-state index in [0.717, 1.165) is 39.0 Å². The van der Waals surface area contributed by atoms with Crippen LogP contribution in [0, 0.1) is 0 Å². The van der Waals surface area contributed by atoms with Crippen molar-refractivity contribution in [1.82, 2.24) is 24.9 Å². The summed E-state index contributed by atoms with van der Waals surface area (Å²) in [6.45, 7) is 3.74. The summed E-state index contributed by atoms with van der Waals surface area (Å²) in [7, 11) is 1.78. The molecular weight excluding hydrogens is 270 g/mol. The van der Waals surface area contributed by atoms with Crippen molar-refractivity contribution in [3.8, 4) is 0 Å². The summed E-state index contributed by atoms with van der Waals surface area (Å²) < 4.78 is 1.61. The smallest absolute Gasteiger partial charge is 0.275 e. The molecule has 114 valence electrons. The van der Waals surface area contributed by atoms with Crippen molar-refractivity contribution >= 4 is 11.8 Å². The van der Waals surface area contributed by atoms with Gasteiger partial charge in [0.2, 0.25) is 5.91 Å². The van der Waals surface area contributed by atoms with Crippen LogP contribution >= 0.6 is 0 Å². The average molecular weight is 291 g/mol. The van der Waals surface area contributed by atoms with Gasteiger partial charge in [0.15, 0.2) is 0 Å². The molecule has 0 bridgehead atoms. The van der Waals surface area contributed by atoms with Gasteiger partial charge in [-0.15, -0.1) is 0 Å². The van der Waals surface area contributed by atoms with E-state index in [9.17, 15) is 9.59 Å². The number of piperazine rings is 1. The normalized spacial score (nSPS) is 22.6. The molecule has 1 unspecified atom stereocenters. The number of hydrogen-bond donors (Lipinski definition) is 1. The molecule has 2 saturated heterocycles. The monoisotopic (exact) mass is 291 g/mol. The molecule has 21 heavy (non-hydrogen) atoms. The van der Waals surface area contributed by atoms with Gasteiger partial charge >= 0.3 is 0 Å². The van der Waals surface area contributed by atoms with Crippen LogP contribution in [0.15, 0.2) is 12.3 Å². The first-order chi connectivity index (χ1) is 10.2. The maximum absolute atomic E-state index is 12.6. The van der Waals surface area contributed by atoms with E-state index in [1.807, 2.05) is 4.90 Å². The van der Waals surface area contributed by atoms with Crippen LogP contribution in [0.5, 0.6) is 0 Å². The molecule has 2 aliphatic heterocycles. The highest BCUT2D eigenvalue weighted by atomic mass is 16.2. The minimum atomic E-state index is -0.322. The van der Waals surface area contributed by atoms with E-state index in [0.29, 0.717) is 12.2 Å². The predicted octanol–water partition coefficient (Wildman–Crippen LogP) is -0.543. The van der Waals surface area contributed by atoms with Crippen molar-refractivity contribution in [1.29, 1.82) is 0 Å². The first-order valence-corrected chi connectivity index (χ1v) is 7.47. The number of likely N-dealkylation sites (tertiary alicyclic amines) is 1. The Labute approximate surface area is 123 Å². The lowest BCUT2D eigenvalue weighted by Crippen LogP contribution is -2.53. The number of aryl methyl sites for hydroxylation is 1.